The fourth-order valence-corrected chi connectivity index (χ4v) is 5.21. The molecule has 0 N–H and O–H groups in total. The maximum absolute atomic E-state index is 12.6. The molecule has 6 heteroatoms. The van der Waals surface area contributed by atoms with Crippen LogP contribution in [0.2, 0.25) is 0 Å². The van der Waals surface area contributed by atoms with Gasteiger partial charge in [0, 0.05) is 31.1 Å². The van der Waals surface area contributed by atoms with Crippen LogP contribution in [0.25, 0.3) is 0 Å². The predicted octanol–water partition coefficient (Wildman–Crippen LogP) is 4.27. The van der Waals surface area contributed by atoms with Gasteiger partial charge in [-0.15, -0.1) is 0 Å². The Balaban J connectivity index is 1.43. The SMILES string of the molecule is CCCCCC1(CC[C@H]2C(OC(=O)c3ccccc3)C[C@@H]3OC(=O)C[C@@H]32)OCCO1. The van der Waals surface area contributed by atoms with E-state index in [1.165, 1.54) is 0 Å². The molecule has 2 saturated heterocycles. The van der Waals surface area contributed by atoms with Gasteiger partial charge in [0.1, 0.15) is 12.2 Å². The van der Waals surface area contributed by atoms with Crippen molar-refractivity contribution in [3.63, 3.8) is 0 Å². The molecule has 0 aromatic heterocycles. The minimum absolute atomic E-state index is 0.0740. The molecular weight excluding hydrogens is 384 g/mol. The first-order chi connectivity index (χ1) is 14.6. The average molecular weight is 417 g/mol. The molecule has 1 saturated carbocycles. The molecule has 4 rings (SSSR count). The maximum Gasteiger partial charge on any atom is 0.338 e. The second-order valence-electron chi connectivity index (χ2n) is 8.71. The van der Waals surface area contributed by atoms with E-state index in [1.54, 1.807) is 12.1 Å². The lowest BCUT2D eigenvalue weighted by molar-refractivity contribution is -0.171. The van der Waals surface area contributed by atoms with E-state index in [4.69, 9.17) is 18.9 Å². The van der Waals surface area contributed by atoms with Gasteiger partial charge in [0.2, 0.25) is 0 Å². The van der Waals surface area contributed by atoms with Crippen molar-refractivity contribution in [1.82, 2.24) is 0 Å². The Morgan fingerprint density at radius 3 is 2.63 bits per heavy atom. The second-order valence-corrected chi connectivity index (χ2v) is 8.71. The molecular formula is C24H32O6. The Kier molecular flexibility index (Phi) is 6.74. The van der Waals surface area contributed by atoms with E-state index >= 15 is 0 Å². The van der Waals surface area contributed by atoms with E-state index in [0.717, 1.165) is 38.5 Å². The van der Waals surface area contributed by atoms with Crippen molar-refractivity contribution < 1.29 is 28.5 Å². The number of carbonyl (C=O) groups excluding carboxylic acids is 2. The van der Waals surface area contributed by atoms with Crippen molar-refractivity contribution in [1.29, 1.82) is 0 Å². The lowest BCUT2D eigenvalue weighted by Crippen LogP contribution is -2.33. The van der Waals surface area contributed by atoms with Crippen LogP contribution in [0.4, 0.5) is 0 Å². The van der Waals surface area contributed by atoms with Crippen LogP contribution < -0.4 is 0 Å². The van der Waals surface area contributed by atoms with E-state index in [0.29, 0.717) is 31.6 Å². The summed E-state index contributed by atoms with van der Waals surface area (Å²) in [5, 5.41) is 0. The summed E-state index contributed by atoms with van der Waals surface area (Å²) in [5.41, 5.74) is 0.545. The van der Waals surface area contributed by atoms with Gasteiger partial charge in [0.25, 0.3) is 0 Å². The van der Waals surface area contributed by atoms with Crippen LogP contribution in [0.1, 0.15) is 68.6 Å². The number of unbranched alkanes of at least 4 members (excludes halogenated alkanes) is 2. The minimum Gasteiger partial charge on any atom is -0.462 e. The summed E-state index contributed by atoms with van der Waals surface area (Å²) in [5.74, 6) is -0.827. The number of rotatable bonds is 9. The summed E-state index contributed by atoms with van der Waals surface area (Å²) in [4.78, 5) is 24.5. The molecule has 0 spiro atoms. The minimum atomic E-state index is -0.537. The Hall–Kier alpha value is -1.92. The summed E-state index contributed by atoms with van der Waals surface area (Å²) in [6, 6.07) is 9.05. The molecule has 1 aromatic carbocycles. The van der Waals surface area contributed by atoms with Crippen molar-refractivity contribution in [2.75, 3.05) is 13.2 Å². The summed E-state index contributed by atoms with van der Waals surface area (Å²) < 4.78 is 23.5. The highest BCUT2D eigenvalue weighted by atomic mass is 16.7. The third kappa shape index (κ3) is 4.70. The number of esters is 2. The number of hydrogen-bond acceptors (Lipinski definition) is 6. The Morgan fingerprint density at radius 1 is 1.13 bits per heavy atom. The van der Waals surface area contributed by atoms with Crippen LogP contribution in [0.3, 0.4) is 0 Å². The third-order valence-corrected chi connectivity index (χ3v) is 6.76. The van der Waals surface area contributed by atoms with E-state index in [2.05, 4.69) is 6.92 Å². The molecule has 4 atom stereocenters. The van der Waals surface area contributed by atoms with Crippen LogP contribution in [0, 0.1) is 11.8 Å². The largest absolute Gasteiger partial charge is 0.462 e. The van der Waals surface area contributed by atoms with Gasteiger partial charge in [-0.05, 0) is 25.0 Å². The Labute approximate surface area is 178 Å². The van der Waals surface area contributed by atoms with Gasteiger partial charge >= 0.3 is 11.9 Å². The Morgan fingerprint density at radius 2 is 1.90 bits per heavy atom. The van der Waals surface area contributed by atoms with Gasteiger partial charge in [-0.2, -0.15) is 0 Å². The summed E-state index contributed by atoms with van der Waals surface area (Å²) in [7, 11) is 0. The second kappa shape index (κ2) is 9.48. The van der Waals surface area contributed by atoms with Crippen LogP contribution in [0.15, 0.2) is 30.3 Å². The zero-order chi connectivity index (χ0) is 21.0. The number of hydrogen-bond donors (Lipinski definition) is 0. The lowest BCUT2D eigenvalue weighted by Gasteiger charge is -2.31. The molecule has 1 unspecified atom stereocenters. The number of carbonyl (C=O) groups is 2. The molecule has 1 aliphatic carbocycles. The quantitative estimate of drug-likeness (QED) is 0.442. The summed E-state index contributed by atoms with van der Waals surface area (Å²) >= 11 is 0. The van der Waals surface area contributed by atoms with Crippen LogP contribution in [-0.4, -0.2) is 43.1 Å². The molecule has 0 bridgehead atoms. The Bertz CT molecular complexity index is 726. The first kappa shape index (κ1) is 21.3. The average Bonchev–Trinajstić information content (AvgIpc) is 3.43. The number of ether oxygens (including phenoxy) is 4. The lowest BCUT2D eigenvalue weighted by atomic mass is 9.86. The van der Waals surface area contributed by atoms with Gasteiger partial charge < -0.3 is 18.9 Å². The summed E-state index contributed by atoms with van der Waals surface area (Å²) in [6.45, 7) is 3.43. The fraction of sp³-hybridized carbons (Fsp3) is 0.667. The van der Waals surface area contributed by atoms with Gasteiger partial charge in [0.05, 0.1) is 25.2 Å². The van der Waals surface area contributed by atoms with Crippen LogP contribution in [-0.2, 0) is 23.7 Å². The van der Waals surface area contributed by atoms with Crippen molar-refractivity contribution in [2.45, 2.75) is 76.3 Å². The van der Waals surface area contributed by atoms with Gasteiger partial charge in [-0.25, -0.2) is 4.79 Å². The zero-order valence-corrected chi connectivity index (χ0v) is 17.7. The third-order valence-electron chi connectivity index (χ3n) is 6.76. The first-order valence-corrected chi connectivity index (χ1v) is 11.3. The number of benzene rings is 1. The first-order valence-electron chi connectivity index (χ1n) is 11.3. The molecule has 6 nitrogen and oxygen atoms in total. The van der Waals surface area contributed by atoms with E-state index < -0.39 is 5.79 Å². The van der Waals surface area contributed by atoms with Gasteiger partial charge in [-0.3, -0.25) is 4.79 Å². The van der Waals surface area contributed by atoms with Crippen molar-refractivity contribution in [3.8, 4) is 0 Å². The molecule has 3 fully saturated rings. The predicted molar refractivity (Wildman–Crippen MR) is 110 cm³/mol. The van der Waals surface area contributed by atoms with E-state index in [9.17, 15) is 9.59 Å². The standard InChI is InChI=1S/C24H32O6/c1-2-3-7-11-24(27-13-14-28-24)12-10-18-19-15-22(25)29-21(19)16-20(18)30-23(26)17-8-5-4-6-9-17/h4-6,8-9,18-21H,2-3,7,10-16H2,1H3/t18-,19-,20?,21+/m1/s1. The normalized spacial score (nSPS) is 29.6. The molecule has 1 aromatic rings. The van der Waals surface area contributed by atoms with Crippen molar-refractivity contribution in [3.05, 3.63) is 35.9 Å². The molecule has 164 valence electrons. The van der Waals surface area contributed by atoms with Crippen LogP contribution in [0.5, 0.6) is 0 Å². The summed E-state index contributed by atoms with van der Waals surface area (Å²) in [6.07, 6.45) is 6.36. The fourth-order valence-electron chi connectivity index (χ4n) is 5.21. The van der Waals surface area contributed by atoms with Gasteiger partial charge in [-0.1, -0.05) is 38.0 Å². The van der Waals surface area contributed by atoms with E-state index in [-0.39, 0.29) is 36.0 Å². The molecule has 0 amide bonds. The molecule has 2 aliphatic heterocycles. The monoisotopic (exact) mass is 416 g/mol. The maximum atomic E-state index is 12.6. The molecule has 0 radical (unpaired) electrons. The van der Waals surface area contributed by atoms with Gasteiger partial charge in [0.15, 0.2) is 5.79 Å². The van der Waals surface area contributed by atoms with Crippen molar-refractivity contribution in [2.24, 2.45) is 11.8 Å². The smallest absolute Gasteiger partial charge is 0.338 e. The highest BCUT2D eigenvalue weighted by molar-refractivity contribution is 5.89. The molecule has 3 aliphatic rings. The zero-order valence-electron chi connectivity index (χ0n) is 17.7. The molecule has 2 heterocycles. The number of fused-ring (bicyclic) bond motifs is 1. The van der Waals surface area contributed by atoms with Crippen LogP contribution >= 0.6 is 0 Å². The molecule has 30 heavy (non-hydrogen) atoms. The highest BCUT2D eigenvalue weighted by Crippen LogP contribution is 2.46. The van der Waals surface area contributed by atoms with E-state index in [1.807, 2.05) is 18.2 Å². The highest BCUT2D eigenvalue weighted by Gasteiger charge is 2.52. The van der Waals surface area contributed by atoms with Crippen molar-refractivity contribution >= 4 is 11.9 Å². The topological polar surface area (TPSA) is 71.1 Å².